The molecule has 0 bridgehead atoms. The van der Waals surface area contributed by atoms with E-state index < -0.39 is 0 Å². The molecule has 1 saturated heterocycles. The molecule has 1 amide bonds. The first-order valence-corrected chi connectivity index (χ1v) is 7.02. The minimum atomic E-state index is -0.325. The number of carbonyl (C=O) groups excluding carboxylic acids is 1. The van der Waals surface area contributed by atoms with Crippen LogP contribution in [0.3, 0.4) is 0 Å². The number of carbonyl (C=O) groups is 1. The number of halogens is 2. The lowest BCUT2D eigenvalue weighted by Crippen LogP contribution is -2.26. The minimum Gasteiger partial charge on any atom is -0.309 e. The first-order chi connectivity index (χ1) is 8.95. The quantitative estimate of drug-likeness (QED) is 0.792. The Kier molecular flexibility index (Phi) is 4.18. The summed E-state index contributed by atoms with van der Waals surface area (Å²) < 4.78 is 0. The highest BCUT2D eigenvalue weighted by Crippen LogP contribution is 2.39. The molecule has 1 aromatic rings. The average molecular weight is 317 g/mol. The van der Waals surface area contributed by atoms with E-state index in [4.69, 9.17) is 23.2 Å². The van der Waals surface area contributed by atoms with Crippen LogP contribution in [0.4, 0.5) is 5.69 Å². The Balaban J connectivity index is 2.32. The lowest BCUT2D eigenvalue weighted by Gasteiger charge is -2.11. The molecule has 0 aliphatic carbocycles. The summed E-state index contributed by atoms with van der Waals surface area (Å²) >= 11 is 13.5. The number of hydrogen-bond acceptors (Lipinski definition) is 4. The van der Waals surface area contributed by atoms with Crippen LogP contribution in [0.1, 0.15) is 5.56 Å². The maximum Gasteiger partial charge on any atom is 0.240 e. The molecule has 1 unspecified atom stereocenters. The monoisotopic (exact) mass is 316 g/mol. The highest BCUT2D eigenvalue weighted by Gasteiger charge is 2.34. The summed E-state index contributed by atoms with van der Waals surface area (Å²) in [5, 5.41) is 3.82. The number of amides is 1. The van der Waals surface area contributed by atoms with E-state index >= 15 is 0 Å². The van der Waals surface area contributed by atoms with Gasteiger partial charge < -0.3 is 4.90 Å². The fraction of sp³-hybridized carbons (Fsp3) is 0.250. The summed E-state index contributed by atoms with van der Waals surface area (Å²) in [7, 11) is 1.67. The van der Waals surface area contributed by atoms with Gasteiger partial charge in [0.2, 0.25) is 5.91 Å². The molecule has 2 rings (SSSR count). The molecular formula is C12H10Cl2N2O2S. The van der Waals surface area contributed by atoms with E-state index in [-0.39, 0.29) is 21.9 Å². The molecule has 1 aliphatic rings. The topological polar surface area (TPSA) is 49.7 Å². The van der Waals surface area contributed by atoms with Crippen LogP contribution in [0, 0.1) is 4.91 Å². The van der Waals surface area contributed by atoms with E-state index in [1.165, 1.54) is 22.7 Å². The number of nitroso groups, excluding NO2 is 1. The molecule has 100 valence electrons. The molecule has 0 spiro atoms. The van der Waals surface area contributed by atoms with Crippen LogP contribution in [-0.4, -0.2) is 23.1 Å². The van der Waals surface area contributed by atoms with Crippen LogP contribution in [-0.2, 0) is 11.2 Å². The van der Waals surface area contributed by atoms with Gasteiger partial charge in [0.25, 0.3) is 0 Å². The van der Waals surface area contributed by atoms with Gasteiger partial charge in [-0.2, -0.15) is 0 Å². The summed E-state index contributed by atoms with van der Waals surface area (Å²) in [6, 6.07) is 3.01. The van der Waals surface area contributed by atoms with Crippen molar-refractivity contribution in [1.82, 2.24) is 4.90 Å². The summed E-state index contributed by atoms with van der Waals surface area (Å²) in [5.74, 6) is -0.0494. The van der Waals surface area contributed by atoms with E-state index in [1.807, 2.05) is 0 Å². The highest BCUT2D eigenvalue weighted by molar-refractivity contribution is 8.04. The van der Waals surface area contributed by atoms with Gasteiger partial charge in [0, 0.05) is 12.1 Å². The molecule has 0 aromatic heterocycles. The molecule has 0 radical (unpaired) electrons. The minimum absolute atomic E-state index is 0.0494. The van der Waals surface area contributed by atoms with E-state index in [2.05, 4.69) is 11.8 Å². The van der Waals surface area contributed by atoms with Crippen molar-refractivity contribution >= 4 is 46.6 Å². The third-order valence-corrected chi connectivity index (χ3v) is 4.89. The van der Waals surface area contributed by atoms with Crippen molar-refractivity contribution in [3.8, 4) is 0 Å². The van der Waals surface area contributed by atoms with Crippen LogP contribution in [0.25, 0.3) is 0 Å². The molecule has 1 heterocycles. The van der Waals surface area contributed by atoms with Crippen molar-refractivity contribution in [2.75, 3.05) is 7.05 Å². The van der Waals surface area contributed by atoms with Crippen LogP contribution in [0.5, 0.6) is 0 Å². The lowest BCUT2D eigenvalue weighted by molar-refractivity contribution is -0.126. The largest absolute Gasteiger partial charge is 0.309 e. The van der Waals surface area contributed by atoms with Crippen molar-refractivity contribution in [2.24, 2.45) is 5.18 Å². The summed E-state index contributed by atoms with van der Waals surface area (Å²) in [4.78, 5) is 24.1. The second kappa shape index (κ2) is 5.53. The Bertz CT molecular complexity index is 577. The maximum atomic E-state index is 12.0. The smallest absolute Gasteiger partial charge is 0.240 e. The number of rotatable bonds is 3. The SMILES string of the molecule is C=C1SC(Cc2c(Cl)ccc(N=O)c2Cl)C(=O)N1C. The highest BCUT2D eigenvalue weighted by atomic mass is 35.5. The number of benzene rings is 1. The summed E-state index contributed by atoms with van der Waals surface area (Å²) in [6.07, 6.45) is 0.341. The number of hydrogen-bond donors (Lipinski definition) is 0. The molecule has 19 heavy (non-hydrogen) atoms. The predicted octanol–water partition coefficient (Wildman–Crippen LogP) is 3.98. The number of nitrogens with zero attached hydrogens (tertiary/aromatic N) is 2. The second-order valence-corrected chi connectivity index (χ2v) is 6.11. The fourth-order valence-corrected chi connectivity index (χ4v) is 3.43. The van der Waals surface area contributed by atoms with Crippen molar-refractivity contribution < 1.29 is 4.79 Å². The van der Waals surface area contributed by atoms with Gasteiger partial charge in [-0.25, -0.2) is 0 Å². The predicted molar refractivity (Wildman–Crippen MR) is 78.9 cm³/mol. The molecular weight excluding hydrogens is 307 g/mol. The molecule has 7 heteroatoms. The zero-order valence-electron chi connectivity index (χ0n) is 10.0. The fourth-order valence-electron chi connectivity index (χ4n) is 1.79. The van der Waals surface area contributed by atoms with Gasteiger partial charge in [0.1, 0.15) is 5.69 Å². The number of thioether (sulfide) groups is 1. The third kappa shape index (κ3) is 2.63. The zero-order valence-corrected chi connectivity index (χ0v) is 12.3. The summed E-state index contributed by atoms with van der Waals surface area (Å²) in [6.45, 7) is 3.79. The Hall–Kier alpha value is -1.04. The Morgan fingerprint density at radius 2 is 2.16 bits per heavy atom. The zero-order chi connectivity index (χ0) is 14.2. The second-order valence-electron chi connectivity index (χ2n) is 4.05. The van der Waals surface area contributed by atoms with Crippen molar-refractivity contribution in [2.45, 2.75) is 11.7 Å². The normalized spacial score (nSPS) is 19.1. The first kappa shape index (κ1) is 14.4. The third-order valence-electron chi connectivity index (χ3n) is 2.91. The van der Waals surface area contributed by atoms with E-state index in [1.54, 1.807) is 13.1 Å². The average Bonchev–Trinajstić information content (AvgIpc) is 2.62. The standard InChI is InChI=1S/C12H10Cl2N2O2S/c1-6-16(2)12(17)10(19-6)5-7-8(13)3-4-9(15-18)11(7)14/h3-4,10H,1,5H2,2H3. The van der Waals surface area contributed by atoms with E-state index in [9.17, 15) is 9.70 Å². The van der Waals surface area contributed by atoms with Crippen molar-refractivity contribution in [3.63, 3.8) is 0 Å². The molecule has 1 fully saturated rings. The Morgan fingerprint density at radius 1 is 1.47 bits per heavy atom. The maximum absolute atomic E-state index is 12.0. The van der Waals surface area contributed by atoms with Gasteiger partial charge in [-0.05, 0) is 29.3 Å². The van der Waals surface area contributed by atoms with Gasteiger partial charge in [-0.1, -0.05) is 41.5 Å². The molecule has 1 aromatic carbocycles. The van der Waals surface area contributed by atoms with Gasteiger partial charge in [-0.15, -0.1) is 4.91 Å². The molecule has 1 aliphatic heterocycles. The van der Waals surface area contributed by atoms with Gasteiger partial charge in [-0.3, -0.25) is 4.79 Å². The first-order valence-electron chi connectivity index (χ1n) is 5.39. The lowest BCUT2D eigenvalue weighted by atomic mass is 10.1. The Morgan fingerprint density at radius 3 is 2.68 bits per heavy atom. The summed E-state index contributed by atoms with van der Waals surface area (Å²) in [5.41, 5.74) is 0.693. The van der Waals surface area contributed by atoms with Gasteiger partial charge in [0.05, 0.1) is 15.3 Å². The van der Waals surface area contributed by atoms with Gasteiger partial charge in [0.15, 0.2) is 0 Å². The van der Waals surface area contributed by atoms with Crippen LogP contribution >= 0.6 is 35.0 Å². The Labute approximate surface area is 124 Å². The van der Waals surface area contributed by atoms with Crippen molar-refractivity contribution in [1.29, 1.82) is 0 Å². The van der Waals surface area contributed by atoms with Crippen LogP contribution < -0.4 is 0 Å². The van der Waals surface area contributed by atoms with Crippen LogP contribution in [0.2, 0.25) is 10.0 Å². The molecule has 0 N–H and O–H groups in total. The molecule has 4 nitrogen and oxygen atoms in total. The van der Waals surface area contributed by atoms with Gasteiger partial charge >= 0.3 is 0 Å². The van der Waals surface area contributed by atoms with Crippen LogP contribution in [0.15, 0.2) is 28.9 Å². The molecule has 1 atom stereocenters. The van der Waals surface area contributed by atoms with E-state index in [0.717, 1.165) is 0 Å². The molecule has 0 saturated carbocycles. The van der Waals surface area contributed by atoms with Crippen molar-refractivity contribution in [3.05, 3.63) is 44.3 Å². The van der Waals surface area contributed by atoms with E-state index in [0.29, 0.717) is 22.0 Å².